The van der Waals surface area contributed by atoms with Crippen LogP contribution in [-0.4, -0.2) is 187 Å². The number of carbonyl (C=O) groups is 6. The van der Waals surface area contributed by atoms with Gasteiger partial charge in [0.2, 0.25) is 5.91 Å². The summed E-state index contributed by atoms with van der Waals surface area (Å²) in [5, 5.41) is 14.2. The van der Waals surface area contributed by atoms with Crippen LogP contribution in [0.2, 0.25) is 35.2 Å². The van der Waals surface area contributed by atoms with Gasteiger partial charge in [-0.05, 0) is 330 Å². The predicted octanol–water partition coefficient (Wildman–Crippen LogP) is 27.8. The van der Waals surface area contributed by atoms with E-state index >= 15 is 0 Å². The van der Waals surface area contributed by atoms with Crippen molar-refractivity contribution in [3.8, 4) is 34.5 Å². The molecule has 20 rings (SSSR count). The molecule has 26 nitrogen and oxygen atoms in total. The van der Waals surface area contributed by atoms with E-state index in [0.717, 1.165) is 142 Å². The van der Waals surface area contributed by atoms with E-state index in [0.29, 0.717) is 148 Å². The van der Waals surface area contributed by atoms with Crippen LogP contribution in [-0.2, 0) is 40.0 Å². The number of amides is 6. The number of nitrogens with zero attached hydrogens (tertiary/aromatic N) is 6. The average molecular weight is 2180 g/mol. The summed E-state index contributed by atoms with van der Waals surface area (Å²) < 4.78 is 45.7. The lowest BCUT2D eigenvalue weighted by Crippen LogP contribution is -2.42. The zero-order valence-corrected chi connectivity index (χ0v) is 88.0. The van der Waals surface area contributed by atoms with Gasteiger partial charge in [0.15, 0.2) is 0 Å². The maximum absolute atomic E-state index is 13.4. The molecular formula is C113H106BrCl7N12O14. The van der Waals surface area contributed by atoms with Gasteiger partial charge >= 0.3 is 30.5 Å². The van der Waals surface area contributed by atoms with Crippen LogP contribution >= 0.6 is 97.1 Å². The largest absolute Gasteiger partial charge is 0.494 e. The molecule has 0 aliphatic carbocycles. The fourth-order valence-electron chi connectivity index (χ4n) is 18.6. The molecule has 34 heteroatoms. The Balaban J connectivity index is 0.000000134. The first-order valence-corrected chi connectivity index (χ1v) is 51.4. The molecule has 4 atom stereocenters. The van der Waals surface area contributed by atoms with E-state index in [-0.39, 0.29) is 24.6 Å². The maximum Gasteiger partial charge on any atom is 0.416 e. The molecule has 6 N–H and O–H groups in total. The van der Waals surface area contributed by atoms with Gasteiger partial charge in [0.05, 0.1) is 19.8 Å². The van der Waals surface area contributed by atoms with E-state index < -0.39 is 42.5 Å². The van der Waals surface area contributed by atoms with Crippen LogP contribution in [0.5, 0.6) is 34.5 Å². The third kappa shape index (κ3) is 25.9. The number of hydrogen-bond acceptors (Lipinski definition) is 16. The molecule has 4 aliphatic heterocycles. The zero-order valence-electron chi connectivity index (χ0n) is 81.2. The van der Waals surface area contributed by atoms with Crippen LogP contribution in [0.25, 0.3) is 43.6 Å². The van der Waals surface area contributed by atoms with E-state index in [1.807, 2.05) is 170 Å². The molecule has 4 aromatic heterocycles. The van der Waals surface area contributed by atoms with Gasteiger partial charge in [-0.15, -0.1) is 0 Å². The van der Waals surface area contributed by atoms with Crippen molar-refractivity contribution in [2.24, 2.45) is 0 Å². The lowest BCUT2D eigenvalue weighted by Gasteiger charge is -2.35. The highest BCUT2D eigenvalue weighted by atomic mass is 79.9. The molecule has 8 heterocycles. The molecule has 16 aromatic rings. The van der Waals surface area contributed by atoms with Gasteiger partial charge < -0.3 is 72.9 Å². The number of H-pyrrole nitrogens is 4. The summed E-state index contributed by atoms with van der Waals surface area (Å²) in [5.74, 6) is 3.33. The molecule has 0 radical (unpaired) electrons. The second-order valence-electron chi connectivity index (χ2n) is 36.0. The molecule has 0 bridgehead atoms. The Morgan fingerprint density at radius 1 is 0.340 bits per heavy atom. The van der Waals surface area contributed by atoms with Crippen molar-refractivity contribution in [2.75, 3.05) is 112 Å². The summed E-state index contributed by atoms with van der Waals surface area (Å²) in [4.78, 5) is 103. The molecule has 0 spiro atoms. The second-order valence-corrected chi connectivity index (χ2v) is 40.0. The molecule has 4 unspecified atom stereocenters. The number of hydrogen-bond donors (Lipinski definition) is 6. The van der Waals surface area contributed by atoms with Gasteiger partial charge in [-0.25, -0.2) is 24.0 Å². The minimum atomic E-state index is -0.574. The SMILES string of the molecule is CCC(=O)Nc1ccc(C2c3[nH]c4ccc(Cl)cc4c3CCN2C(=O)Oc2ccc(Cl)cc2)cc1.CN(C)CCCOc1ccc(C2c3[nH]c4ccc(Cl)cc4c3CCN2C(=O)Oc2ccc(Br)cc2)cc1.CN(C)CCCOc1ccc(C2c3[nH]c4ccc(Cl)cc4c3CCN2C(=O)Oc2ccc(Cl)cc2)cc1.COCCOC(=O)Nc1ccc(C2c3[nH]c4ccc(Cl)cc4c3CCN2C(=O)Oc2ccc(Cl)cc2)cc1. The average Bonchev–Trinajstić information content (AvgIpc) is 1.61. The number of rotatable bonds is 24. The van der Waals surface area contributed by atoms with E-state index in [1.165, 1.54) is 18.2 Å². The molecule has 12 aromatic carbocycles. The van der Waals surface area contributed by atoms with Gasteiger partial charge in [0.1, 0.15) is 65.3 Å². The first-order valence-electron chi connectivity index (χ1n) is 48.0. The number of carbonyl (C=O) groups excluding carboxylic acids is 6. The van der Waals surface area contributed by atoms with Crippen molar-refractivity contribution in [3.63, 3.8) is 0 Å². The van der Waals surface area contributed by atoms with Crippen molar-refractivity contribution in [1.29, 1.82) is 0 Å². The molecule has 6 amide bonds. The van der Waals surface area contributed by atoms with Crippen molar-refractivity contribution in [3.05, 3.63) is 374 Å². The Morgan fingerprint density at radius 2 is 0.605 bits per heavy atom. The highest BCUT2D eigenvalue weighted by Crippen LogP contribution is 2.47. The molecular weight excluding hydrogens is 2080 g/mol. The van der Waals surface area contributed by atoms with Crippen molar-refractivity contribution in [2.45, 2.75) is 76.0 Å². The second kappa shape index (κ2) is 48.5. The number of aromatic nitrogens is 4. The minimum absolute atomic E-state index is 0.0571. The number of methoxy groups -OCH3 is 1. The highest BCUT2D eigenvalue weighted by Gasteiger charge is 2.41. The normalized spacial score (nSPS) is 15.0. The first-order chi connectivity index (χ1) is 71.1. The van der Waals surface area contributed by atoms with Crippen molar-refractivity contribution < 1.29 is 66.7 Å². The highest BCUT2D eigenvalue weighted by molar-refractivity contribution is 9.10. The van der Waals surface area contributed by atoms with Crippen molar-refractivity contribution in [1.82, 2.24) is 49.3 Å². The van der Waals surface area contributed by atoms with Gasteiger partial charge in [-0.3, -0.25) is 29.7 Å². The molecule has 147 heavy (non-hydrogen) atoms. The zero-order chi connectivity index (χ0) is 103. The van der Waals surface area contributed by atoms with Crippen LogP contribution in [0, 0.1) is 0 Å². The van der Waals surface area contributed by atoms with Crippen molar-refractivity contribution >= 4 is 188 Å². The fourth-order valence-corrected chi connectivity index (χ4v) is 19.9. The first kappa shape index (κ1) is 105. The predicted molar refractivity (Wildman–Crippen MR) is 584 cm³/mol. The van der Waals surface area contributed by atoms with Gasteiger partial charge in [-0.1, -0.05) is 153 Å². The summed E-state index contributed by atoms with van der Waals surface area (Å²) in [5.41, 5.74) is 17.2. The topological polar surface area (TPSA) is 283 Å². The third-order valence-electron chi connectivity index (χ3n) is 25.6. The van der Waals surface area contributed by atoms with Gasteiger partial charge in [0, 0.05) is 170 Å². The van der Waals surface area contributed by atoms with E-state index in [2.05, 4.69) is 84.5 Å². The minimum Gasteiger partial charge on any atom is -0.494 e. The van der Waals surface area contributed by atoms with Crippen LogP contribution in [0.3, 0.4) is 0 Å². The molecule has 4 aliphatic rings. The maximum atomic E-state index is 13.4. The summed E-state index contributed by atoms with van der Waals surface area (Å²) >= 11 is 46.6. The lowest BCUT2D eigenvalue weighted by molar-refractivity contribution is -0.115. The number of fused-ring (bicyclic) bond motifs is 12. The Labute approximate surface area is 893 Å². The fraction of sp³-hybridized carbons (Fsp3) is 0.239. The summed E-state index contributed by atoms with van der Waals surface area (Å²) in [6.45, 7) is 7.45. The Morgan fingerprint density at radius 3 is 0.884 bits per heavy atom. The smallest absolute Gasteiger partial charge is 0.416 e. The monoisotopic (exact) mass is 2180 g/mol. The van der Waals surface area contributed by atoms with Crippen LogP contribution in [0.15, 0.2) is 271 Å². The van der Waals surface area contributed by atoms with Crippen LogP contribution < -0.4 is 39.1 Å². The number of ether oxygens (including phenoxy) is 8. The lowest BCUT2D eigenvalue weighted by atomic mass is 9.92. The summed E-state index contributed by atoms with van der Waals surface area (Å²) in [7, 11) is 9.74. The van der Waals surface area contributed by atoms with Gasteiger partial charge in [0.25, 0.3) is 0 Å². The number of benzene rings is 12. The number of halogens is 8. The van der Waals surface area contributed by atoms with E-state index in [1.54, 1.807) is 124 Å². The Bertz CT molecular complexity index is 7150. The standard InChI is InChI=1S/C29H29BrClN3O3.C29H29Cl2N3O3.C28H25Cl2N3O5.C27H23Cl2N3O3/c2*1-33(2)15-3-17-36-22-9-4-19(5-10-22)28-27-24(25-18-21(31)8-13-26(25)32-27)14-16-34(28)29(35)37-23-11-6-20(30)7-12-23;1-36-14-15-37-27(34)31-20-7-2-17(3-8-20)26-25-22(23-16-19(30)6-11-24(23)32-25)12-13-33(26)28(35)38-21-9-4-18(29)5-10-21;1-2-24(33)30-19-8-3-16(4-9-19)26-25-21(22-15-18(29)7-12-23(22)31-25)13-14-32(26)27(34)35-20-10-5-17(28)6-11-20/h2*4-13,18,28,32H,3,14-17H2,1-2H3;2-11,16,26,32H,12-15H2,1H3,(H,31,34);3-12,15,26,31H,2,13-14H2,1H3,(H,30,33). The molecule has 0 saturated carbocycles. The van der Waals surface area contributed by atoms with Crippen LogP contribution in [0.4, 0.5) is 35.3 Å². The molecule has 758 valence electrons. The number of aromatic amines is 4. The number of anilines is 2. The molecule has 0 saturated heterocycles. The van der Waals surface area contributed by atoms with E-state index in [9.17, 15) is 28.8 Å². The Hall–Kier alpha value is -13.4. The Kier molecular flexibility index (Phi) is 34.6. The molecule has 0 fully saturated rings. The third-order valence-corrected chi connectivity index (χ3v) is 27.8. The summed E-state index contributed by atoms with van der Waals surface area (Å²) in [6.07, 6.45) is 2.66. The van der Waals surface area contributed by atoms with Crippen LogP contribution in [0.1, 0.15) is 118 Å². The number of nitrogens with one attached hydrogen (secondary N) is 6. The summed E-state index contributed by atoms with van der Waals surface area (Å²) in [6, 6.07) is 79.8. The van der Waals surface area contributed by atoms with Gasteiger partial charge in [-0.2, -0.15) is 0 Å². The quantitative estimate of drug-likeness (QED) is 0.0307. The van der Waals surface area contributed by atoms with E-state index in [4.69, 9.17) is 119 Å².